The van der Waals surface area contributed by atoms with Gasteiger partial charge in [0.25, 0.3) is 10.1 Å². The molecule has 0 bridgehead atoms. The van der Waals surface area contributed by atoms with Crippen LogP contribution in [0.15, 0.2) is 29.2 Å². The van der Waals surface area contributed by atoms with Crippen LogP contribution < -0.4 is 0 Å². The molecule has 0 aliphatic rings. The molecule has 77 valence electrons. The van der Waals surface area contributed by atoms with Gasteiger partial charge in [-0.15, -0.1) is 0 Å². The molecule has 0 saturated carbocycles. The summed E-state index contributed by atoms with van der Waals surface area (Å²) in [4.78, 5) is 6.85. The molecule has 0 amide bonds. The molecule has 1 atom stereocenters. The van der Waals surface area contributed by atoms with Crippen molar-refractivity contribution in [3.05, 3.63) is 29.8 Å². The predicted octanol–water partition coefficient (Wildman–Crippen LogP) is 1.01. The Bertz CT molecular complexity index is 348. The molecular formula is C7H11O4PSY. The second-order valence-corrected chi connectivity index (χ2v) is 3.71. The summed E-state index contributed by atoms with van der Waals surface area (Å²) < 4.78 is 29.6. The van der Waals surface area contributed by atoms with E-state index in [1.807, 2.05) is 6.92 Å². The zero-order valence-electron chi connectivity index (χ0n) is 7.58. The fraction of sp³-hybridized carbons (Fsp3) is 0.143. The molecule has 1 aromatic carbocycles. The molecule has 0 aliphatic heterocycles. The van der Waals surface area contributed by atoms with Crippen LogP contribution in [0.5, 0.6) is 0 Å². The molecule has 4 nitrogen and oxygen atoms in total. The van der Waals surface area contributed by atoms with E-state index in [1.165, 1.54) is 21.6 Å². The van der Waals surface area contributed by atoms with Crippen LogP contribution in [0.1, 0.15) is 5.56 Å². The van der Waals surface area contributed by atoms with Gasteiger partial charge in [-0.05, 0) is 28.5 Å². The van der Waals surface area contributed by atoms with Gasteiger partial charge in [0, 0.05) is 32.7 Å². The Hall–Kier alpha value is 0.624. The molecule has 7 heteroatoms. The van der Waals surface area contributed by atoms with Crippen LogP contribution >= 0.6 is 9.47 Å². The monoisotopic (exact) mass is 311 g/mol. The Labute approximate surface area is 111 Å². The first-order chi connectivity index (χ1) is 6.00. The molecule has 0 fully saturated rings. The molecule has 14 heavy (non-hydrogen) atoms. The van der Waals surface area contributed by atoms with E-state index in [9.17, 15) is 8.42 Å². The molecule has 1 aromatic rings. The molecule has 0 aromatic heterocycles. The van der Waals surface area contributed by atoms with E-state index >= 15 is 0 Å². The van der Waals surface area contributed by atoms with Crippen LogP contribution in [-0.2, 0) is 42.8 Å². The summed E-state index contributed by atoms with van der Waals surface area (Å²) in [6.45, 7) is 1.84. The van der Waals surface area contributed by atoms with Gasteiger partial charge in [0.05, 0.1) is 4.90 Å². The molecule has 1 rings (SSSR count). The number of hydrogen-bond acceptors (Lipinski definition) is 3. The topological polar surface area (TPSA) is 74.6 Å². The molecule has 0 spiro atoms. The van der Waals surface area contributed by atoms with Crippen molar-refractivity contribution >= 4 is 19.6 Å². The maximum absolute atomic E-state index is 10.5. The third-order valence-corrected chi connectivity index (χ3v) is 2.19. The van der Waals surface area contributed by atoms with Crippen LogP contribution in [0.4, 0.5) is 0 Å². The summed E-state index contributed by atoms with van der Waals surface area (Å²) in [5.74, 6) is 0. The molecule has 2 N–H and O–H groups in total. The maximum Gasteiger partial charge on any atom is 0.294 e. The quantitative estimate of drug-likeness (QED) is 0.599. The fourth-order valence-electron chi connectivity index (χ4n) is 0.710. The van der Waals surface area contributed by atoms with Crippen molar-refractivity contribution in [2.45, 2.75) is 11.8 Å². The van der Waals surface area contributed by atoms with E-state index in [-0.39, 0.29) is 37.6 Å². The minimum atomic E-state index is -4.02. The van der Waals surface area contributed by atoms with Crippen molar-refractivity contribution in [1.82, 2.24) is 0 Å². The van der Waals surface area contributed by atoms with Gasteiger partial charge in [0.2, 0.25) is 0 Å². The van der Waals surface area contributed by atoms with Crippen LogP contribution in [0.3, 0.4) is 0 Å². The molecule has 1 radical (unpaired) electrons. The largest absolute Gasteiger partial charge is 0.380 e. The average molecular weight is 311 g/mol. The zero-order chi connectivity index (χ0) is 10.5. The predicted molar refractivity (Wildman–Crippen MR) is 52.9 cm³/mol. The normalized spacial score (nSPS) is 9.43. The van der Waals surface area contributed by atoms with E-state index in [2.05, 4.69) is 0 Å². The van der Waals surface area contributed by atoms with Crippen molar-refractivity contribution in [2.24, 2.45) is 0 Å². The summed E-state index contributed by atoms with van der Waals surface area (Å²) in [5.41, 5.74) is 0.956. The second kappa shape index (κ2) is 7.86. The van der Waals surface area contributed by atoms with Crippen molar-refractivity contribution in [3.8, 4) is 0 Å². The van der Waals surface area contributed by atoms with Crippen LogP contribution in [0.2, 0.25) is 0 Å². The van der Waals surface area contributed by atoms with E-state index in [0.29, 0.717) is 0 Å². The average Bonchev–Trinajstić information content (AvgIpc) is 2.07. The summed E-state index contributed by atoms with van der Waals surface area (Å²) in [6.07, 6.45) is 0. The smallest absolute Gasteiger partial charge is 0.294 e. The fourth-order valence-corrected chi connectivity index (χ4v) is 1.19. The minimum Gasteiger partial charge on any atom is -0.380 e. The Morgan fingerprint density at radius 1 is 1.14 bits per heavy atom. The first-order valence-electron chi connectivity index (χ1n) is 3.30. The van der Waals surface area contributed by atoms with E-state index in [0.717, 1.165) is 5.56 Å². The number of benzene rings is 1. The first-order valence-corrected chi connectivity index (χ1v) is 5.26. The molecule has 1 unspecified atom stereocenters. The number of rotatable bonds is 1. The van der Waals surface area contributed by atoms with Gasteiger partial charge < -0.3 is 4.89 Å². The van der Waals surface area contributed by atoms with Crippen molar-refractivity contribution < 1.29 is 50.6 Å². The summed E-state index contributed by atoms with van der Waals surface area (Å²) in [7, 11) is -2.60. The van der Waals surface area contributed by atoms with Gasteiger partial charge in [0.15, 0.2) is 0 Å². The number of hydrogen-bond donors (Lipinski definition) is 2. The van der Waals surface area contributed by atoms with Gasteiger partial charge in [0.1, 0.15) is 0 Å². The number of aryl methyl sites for hydroxylation is 1. The SMILES string of the molecule is Cc1ccc(S(=O)(=O)O)cc1.OP.[Y]. The molecule has 0 heterocycles. The standard InChI is InChI=1S/C7H8O3S.H3OP.Y/c1-6-2-4-7(5-3-6)11(8,9)10;1-2;/h2-5H,1H3,(H,8,9,10);1H,2H2;. The summed E-state index contributed by atoms with van der Waals surface area (Å²) in [6, 6.07) is 5.99. The van der Waals surface area contributed by atoms with Gasteiger partial charge >= 0.3 is 0 Å². The van der Waals surface area contributed by atoms with Gasteiger partial charge in [-0.1, -0.05) is 17.7 Å². The zero-order valence-corrected chi connectivity index (χ0v) is 12.4. The third kappa shape index (κ3) is 6.17. The van der Waals surface area contributed by atoms with Crippen LogP contribution in [-0.4, -0.2) is 17.9 Å². The Kier molecular flexibility index (Phi) is 9.56. The van der Waals surface area contributed by atoms with E-state index in [1.54, 1.807) is 12.1 Å². The minimum absolute atomic E-state index is 0. The Balaban J connectivity index is 0. The molecular weight excluding hydrogens is 300 g/mol. The van der Waals surface area contributed by atoms with Gasteiger partial charge in [-0.25, -0.2) is 0 Å². The Morgan fingerprint density at radius 3 is 1.79 bits per heavy atom. The van der Waals surface area contributed by atoms with E-state index < -0.39 is 10.1 Å². The van der Waals surface area contributed by atoms with Gasteiger partial charge in [-0.3, -0.25) is 4.55 Å². The van der Waals surface area contributed by atoms with Crippen molar-refractivity contribution in [2.75, 3.05) is 0 Å². The summed E-state index contributed by atoms with van der Waals surface area (Å²) >= 11 is 0. The van der Waals surface area contributed by atoms with Crippen molar-refractivity contribution in [1.29, 1.82) is 0 Å². The van der Waals surface area contributed by atoms with Crippen LogP contribution in [0.25, 0.3) is 0 Å². The molecule has 0 saturated heterocycles. The second-order valence-electron chi connectivity index (χ2n) is 2.29. The third-order valence-electron chi connectivity index (χ3n) is 1.32. The van der Waals surface area contributed by atoms with Gasteiger partial charge in [-0.2, -0.15) is 8.42 Å². The maximum atomic E-state index is 10.5. The van der Waals surface area contributed by atoms with Crippen molar-refractivity contribution in [3.63, 3.8) is 0 Å². The summed E-state index contributed by atoms with van der Waals surface area (Å²) in [5, 5.41) is 0. The van der Waals surface area contributed by atoms with Crippen LogP contribution in [0, 0.1) is 6.92 Å². The Morgan fingerprint density at radius 2 is 1.50 bits per heavy atom. The first kappa shape index (κ1) is 17.0. The van der Waals surface area contributed by atoms with E-state index in [4.69, 9.17) is 9.45 Å². The molecule has 0 aliphatic carbocycles.